The molecule has 0 radical (unpaired) electrons. The van der Waals surface area contributed by atoms with E-state index in [1.807, 2.05) is 42.5 Å². The van der Waals surface area contributed by atoms with Gasteiger partial charge in [0.15, 0.2) is 5.11 Å². The van der Waals surface area contributed by atoms with Crippen LogP contribution < -0.4 is 15.0 Å². The molecule has 0 unspecified atom stereocenters. The molecule has 1 aliphatic heterocycles. The molecule has 0 saturated carbocycles. The Morgan fingerprint density at radius 1 is 0.935 bits per heavy atom. The van der Waals surface area contributed by atoms with Crippen molar-refractivity contribution in [3.63, 3.8) is 0 Å². The van der Waals surface area contributed by atoms with Crippen LogP contribution in [0.25, 0.3) is 6.08 Å². The molecule has 2 amide bonds. The summed E-state index contributed by atoms with van der Waals surface area (Å²) in [5, 5.41) is 2.65. The summed E-state index contributed by atoms with van der Waals surface area (Å²) in [5.74, 6) is -0.453. The Balaban J connectivity index is 1.62. The van der Waals surface area contributed by atoms with E-state index in [0.717, 1.165) is 10.0 Å². The third-order valence-corrected chi connectivity index (χ3v) is 5.46. The zero-order valence-electron chi connectivity index (χ0n) is 16.2. The summed E-state index contributed by atoms with van der Waals surface area (Å²) in [6.45, 7) is 0.355. The first kappa shape index (κ1) is 21.0. The number of hydrogen-bond acceptors (Lipinski definition) is 4. The molecule has 7 heteroatoms. The smallest absolute Gasteiger partial charge is 0.270 e. The molecule has 31 heavy (non-hydrogen) atoms. The van der Waals surface area contributed by atoms with Crippen LogP contribution in [-0.4, -0.2) is 16.9 Å². The van der Waals surface area contributed by atoms with Crippen LogP contribution in [0, 0.1) is 0 Å². The van der Waals surface area contributed by atoms with Crippen molar-refractivity contribution in [1.82, 2.24) is 5.32 Å². The summed E-state index contributed by atoms with van der Waals surface area (Å²) in [5.41, 5.74) is 2.19. The summed E-state index contributed by atoms with van der Waals surface area (Å²) < 4.78 is 6.96. The second-order valence-corrected chi connectivity index (χ2v) is 8.05. The Morgan fingerprint density at radius 2 is 1.61 bits per heavy atom. The standard InChI is InChI=1S/C24H17BrN2O3S/c25-18-12-10-16(11-13-18)15-30-21-9-5-4-6-17(21)14-20-22(28)26-24(31)27(23(20)29)19-7-2-1-3-8-19/h1-14H,15H2,(H,26,28,31)/b20-14-. The van der Waals surface area contributed by atoms with Crippen molar-refractivity contribution in [2.45, 2.75) is 6.61 Å². The van der Waals surface area contributed by atoms with Crippen LogP contribution in [0.2, 0.25) is 0 Å². The molecule has 1 saturated heterocycles. The van der Waals surface area contributed by atoms with Crippen LogP contribution in [0.15, 0.2) is 88.9 Å². The Bertz CT molecular complexity index is 1180. The number of anilines is 1. The molecule has 1 heterocycles. The van der Waals surface area contributed by atoms with Gasteiger partial charge in [0.05, 0.1) is 5.69 Å². The minimum atomic E-state index is -0.537. The Morgan fingerprint density at radius 3 is 2.35 bits per heavy atom. The van der Waals surface area contributed by atoms with Crippen LogP contribution >= 0.6 is 28.1 Å². The number of para-hydroxylation sites is 2. The molecular weight excluding hydrogens is 476 g/mol. The van der Waals surface area contributed by atoms with E-state index in [2.05, 4.69) is 21.2 Å². The fraction of sp³-hybridized carbons (Fsp3) is 0.0417. The van der Waals surface area contributed by atoms with E-state index in [9.17, 15) is 9.59 Å². The average Bonchev–Trinajstić information content (AvgIpc) is 2.77. The number of nitrogens with one attached hydrogen (secondary N) is 1. The van der Waals surface area contributed by atoms with Crippen molar-refractivity contribution in [2.24, 2.45) is 0 Å². The molecule has 1 fully saturated rings. The summed E-state index contributed by atoms with van der Waals surface area (Å²) >= 11 is 8.64. The van der Waals surface area contributed by atoms with E-state index in [-0.39, 0.29) is 10.7 Å². The van der Waals surface area contributed by atoms with E-state index >= 15 is 0 Å². The van der Waals surface area contributed by atoms with E-state index in [1.54, 1.807) is 36.4 Å². The lowest BCUT2D eigenvalue weighted by atomic mass is 10.1. The Hall–Kier alpha value is -3.29. The maximum absolute atomic E-state index is 13.1. The first-order valence-corrected chi connectivity index (χ1v) is 10.7. The van der Waals surface area contributed by atoms with E-state index < -0.39 is 11.8 Å². The number of rotatable bonds is 5. The van der Waals surface area contributed by atoms with Gasteiger partial charge in [-0.25, -0.2) is 0 Å². The summed E-state index contributed by atoms with van der Waals surface area (Å²) in [6, 6.07) is 24.0. The van der Waals surface area contributed by atoms with Crippen LogP contribution in [0.3, 0.4) is 0 Å². The first-order chi connectivity index (χ1) is 15.0. The predicted octanol–water partition coefficient (Wildman–Crippen LogP) is 4.86. The molecule has 4 rings (SSSR count). The average molecular weight is 493 g/mol. The third-order valence-electron chi connectivity index (χ3n) is 4.64. The first-order valence-electron chi connectivity index (χ1n) is 9.46. The van der Waals surface area contributed by atoms with Crippen molar-refractivity contribution in [3.05, 3.63) is 100 Å². The number of amides is 2. The molecule has 3 aromatic rings. The third kappa shape index (κ3) is 4.73. The number of ether oxygens (including phenoxy) is 1. The molecule has 0 aromatic heterocycles. The second-order valence-electron chi connectivity index (χ2n) is 6.75. The lowest BCUT2D eigenvalue weighted by Gasteiger charge is -2.28. The largest absolute Gasteiger partial charge is 0.488 e. The number of nitrogens with zero attached hydrogens (tertiary/aromatic N) is 1. The van der Waals surface area contributed by atoms with Gasteiger partial charge in [-0.05, 0) is 54.2 Å². The van der Waals surface area contributed by atoms with Gasteiger partial charge in [0.25, 0.3) is 11.8 Å². The molecule has 0 spiro atoms. The van der Waals surface area contributed by atoms with Gasteiger partial charge in [0.2, 0.25) is 0 Å². The Kier molecular flexibility index (Phi) is 6.25. The monoisotopic (exact) mass is 492 g/mol. The maximum Gasteiger partial charge on any atom is 0.270 e. The van der Waals surface area contributed by atoms with Crippen molar-refractivity contribution in [1.29, 1.82) is 0 Å². The SMILES string of the molecule is O=C1NC(=S)N(c2ccccc2)C(=O)/C1=C\c1ccccc1OCc1ccc(Br)cc1. The summed E-state index contributed by atoms with van der Waals surface area (Å²) in [6.07, 6.45) is 1.53. The molecule has 1 N–H and O–H groups in total. The van der Waals surface area contributed by atoms with Crippen molar-refractivity contribution in [3.8, 4) is 5.75 Å². The molecular formula is C24H17BrN2O3S. The van der Waals surface area contributed by atoms with Crippen molar-refractivity contribution in [2.75, 3.05) is 4.90 Å². The van der Waals surface area contributed by atoms with Crippen molar-refractivity contribution >= 4 is 56.8 Å². The van der Waals surface area contributed by atoms with Gasteiger partial charge in [-0.2, -0.15) is 0 Å². The van der Waals surface area contributed by atoms with Gasteiger partial charge in [0, 0.05) is 10.0 Å². The van der Waals surface area contributed by atoms with Gasteiger partial charge in [0.1, 0.15) is 17.9 Å². The van der Waals surface area contributed by atoms with E-state index in [4.69, 9.17) is 17.0 Å². The lowest BCUT2D eigenvalue weighted by molar-refractivity contribution is -0.122. The Labute approximate surface area is 193 Å². The molecule has 0 aliphatic carbocycles. The highest BCUT2D eigenvalue weighted by atomic mass is 79.9. The molecule has 3 aromatic carbocycles. The maximum atomic E-state index is 13.1. The highest BCUT2D eigenvalue weighted by Gasteiger charge is 2.34. The predicted molar refractivity (Wildman–Crippen MR) is 128 cm³/mol. The lowest BCUT2D eigenvalue weighted by Crippen LogP contribution is -2.54. The molecule has 0 atom stereocenters. The second kappa shape index (κ2) is 9.24. The number of halogens is 1. The minimum Gasteiger partial charge on any atom is -0.488 e. The zero-order valence-corrected chi connectivity index (χ0v) is 18.7. The van der Waals surface area contributed by atoms with Gasteiger partial charge in [-0.3, -0.25) is 19.8 Å². The molecule has 5 nitrogen and oxygen atoms in total. The molecule has 1 aliphatic rings. The number of benzene rings is 3. The molecule has 154 valence electrons. The van der Waals surface area contributed by atoms with E-state index in [0.29, 0.717) is 23.6 Å². The number of thiocarbonyl (C=S) groups is 1. The number of carbonyl (C=O) groups is 2. The summed E-state index contributed by atoms with van der Waals surface area (Å²) in [7, 11) is 0. The van der Waals surface area contributed by atoms with Gasteiger partial charge in [-0.15, -0.1) is 0 Å². The highest BCUT2D eigenvalue weighted by Crippen LogP contribution is 2.26. The van der Waals surface area contributed by atoms with Gasteiger partial charge >= 0.3 is 0 Å². The van der Waals surface area contributed by atoms with Crippen LogP contribution in [0.1, 0.15) is 11.1 Å². The molecule has 0 bridgehead atoms. The number of carbonyl (C=O) groups excluding carboxylic acids is 2. The van der Waals surface area contributed by atoms with Crippen LogP contribution in [0.5, 0.6) is 5.75 Å². The topological polar surface area (TPSA) is 58.6 Å². The number of hydrogen-bond donors (Lipinski definition) is 1. The van der Waals surface area contributed by atoms with Gasteiger partial charge in [-0.1, -0.05) is 64.5 Å². The van der Waals surface area contributed by atoms with Crippen molar-refractivity contribution < 1.29 is 14.3 Å². The fourth-order valence-electron chi connectivity index (χ4n) is 3.10. The van der Waals surface area contributed by atoms with Crippen LogP contribution in [0.4, 0.5) is 5.69 Å². The minimum absolute atomic E-state index is 0.0165. The highest BCUT2D eigenvalue weighted by molar-refractivity contribution is 9.10. The summed E-state index contributed by atoms with van der Waals surface area (Å²) in [4.78, 5) is 27.0. The van der Waals surface area contributed by atoms with Gasteiger partial charge < -0.3 is 4.74 Å². The quantitative estimate of drug-likeness (QED) is 0.314. The normalized spacial score (nSPS) is 15.2. The van der Waals surface area contributed by atoms with Crippen LogP contribution in [-0.2, 0) is 16.2 Å². The zero-order chi connectivity index (χ0) is 21.8. The van der Waals surface area contributed by atoms with E-state index in [1.165, 1.54) is 11.0 Å². The fourth-order valence-corrected chi connectivity index (χ4v) is 3.64.